The van der Waals surface area contributed by atoms with E-state index in [2.05, 4.69) is 38.6 Å². The predicted molar refractivity (Wildman–Crippen MR) is 94.2 cm³/mol. The number of benzene rings is 1. The fourth-order valence-electron chi connectivity index (χ4n) is 0.589. The molecule has 1 aromatic rings. The molecule has 0 atom stereocenters. The van der Waals surface area contributed by atoms with Crippen LogP contribution in [0, 0.1) is 0 Å². The first kappa shape index (κ1) is 23.9. The van der Waals surface area contributed by atoms with Crippen LogP contribution in [0.25, 0.3) is 6.08 Å². The maximum atomic E-state index is 9.47. The van der Waals surface area contributed by atoms with Gasteiger partial charge in [-0.15, -0.1) is 0 Å². The molecule has 1 amide bonds. The lowest BCUT2D eigenvalue weighted by Gasteiger charge is -1.85. The van der Waals surface area contributed by atoms with Crippen molar-refractivity contribution in [2.75, 3.05) is 0 Å². The lowest BCUT2D eigenvalue weighted by Crippen LogP contribution is -2.04. The monoisotopic (exact) mass is 301 g/mol. The lowest BCUT2D eigenvalue weighted by atomic mass is 10.2. The zero-order valence-electron chi connectivity index (χ0n) is 12.7. The van der Waals surface area contributed by atoms with E-state index in [1.807, 2.05) is 36.4 Å². The Kier molecular flexibility index (Phi) is 21.9. The van der Waals surface area contributed by atoms with Gasteiger partial charge in [-0.3, -0.25) is 4.79 Å². The molecule has 0 aromatic heterocycles. The second-order valence-corrected chi connectivity index (χ2v) is 3.24. The SMILES string of the molecule is C=CC(=O)O.C=CC(N)=O.C=CC=C.C=Cc1ccccc1. The van der Waals surface area contributed by atoms with Gasteiger partial charge in [0, 0.05) is 6.08 Å². The number of carbonyl (C=O) groups is 2. The maximum absolute atomic E-state index is 9.47. The number of amides is 1. The van der Waals surface area contributed by atoms with Crippen molar-refractivity contribution in [1.29, 1.82) is 0 Å². The summed E-state index contributed by atoms with van der Waals surface area (Å²) in [5.74, 6) is -1.46. The second kappa shape index (κ2) is 20.2. The topological polar surface area (TPSA) is 80.4 Å². The number of hydrogen-bond donors (Lipinski definition) is 2. The van der Waals surface area contributed by atoms with Crippen molar-refractivity contribution in [1.82, 2.24) is 0 Å². The van der Waals surface area contributed by atoms with Gasteiger partial charge < -0.3 is 10.8 Å². The van der Waals surface area contributed by atoms with Gasteiger partial charge in [0.25, 0.3) is 0 Å². The van der Waals surface area contributed by atoms with Crippen molar-refractivity contribution in [2.45, 2.75) is 0 Å². The van der Waals surface area contributed by atoms with Gasteiger partial charge in [0.2, 0.25) is 5.91 Å². The molecule has 0 spiro atoms. The number of aliphatic carboxylic acids is 1. The summed E-state index contributed by atoms with van der Waals surface area (Å²) >= 11 is 0. The van der Waals surface area contributed by atoms with Gasteiger partial charge in [-0.05, 0) is 11.6 Å². The number of carboxylic acids is 1. The highest BCUT2D eigenvalue weighted by Crippen LogP contribution is 1.97. The number of rotatable bonds is 4. The first-order valence-corrected chi connectivity index (χ1v) is 6.07. The Labute approximate surface area is 132 Å². The van der Waals surface area contributed by atoms with E-state index in [9.17, 15) is 9.59 Å². The van der Waals surface area contributed by atoms with Crippen molar-refractivity contribution >= 4 is 18.0 Å². The predicted octanol–water partition coefficient (Wildman–Crippen LogP) is 3.60. The molecule has 0 unspecified atom stereocenters. The normalized spacial score (nSPS) is 6.91. The zero-order chi connectivity index (χ0) is 17.8. The molecule has 0 bridgehead atoms. The molecule has 0 radical (unpaired) electrons. The van der Waals surface area contributed by atoms with Gasteiger partial charge >= 0.3 is 5.97 Å². The number of carbonyl (C=O) groups excluding carboxylic acids is 1. The molecule has 0 saturated carbocycles. The number of hydrogen-bond acceptors (Lipinski definition) is 2. The third-order valence-electron chi connectivity index (χ3n) is 1.58. The van der Waals surface area contributed by atoms with Gasteiger partial charge in [-0.25, -0.2) is 4.79 Å². The first-order chi connectivity index (χ1) is 10.4. The minimum absolute atomic E-state index is 0.481. The molecule has 0 saturated heterocycles. The second-order valence-electron chi connectivity index (χ2n) is 3.24. The first-order valence-electron chi connectivity index (χ1n) is 6.07. The van der Waals surface area contributed by atoms with E-state index >= 15 is 0 Å². The average molecular weight is 301 g/mol. The van der Waals surface area contributed by atoms with Crippen molar-refractivity contribution in [2.24, 2.45) is 5.73 Å². The van der Waals surface area contributed by atoms with E-state index in [0.29, 0.717) is 0 Å². The standard InChI is InChI=1S/C8H8.C4H6.C3H5NO.C3H4O2/c1-2-8-6-4-3-5-7-8;1-3-4-2;2*1-2-3(4)5/h2-7H,1H2;3-4H,1-2H2;2H,1H2,(H2,4,5);2H,1H2,(H,4,5). The molecular formula is C18H23NO3. The molecule has 22 heavy (non-hydrogen) atoms. The third-order valence-corrected chi connectivity index (χ3v) is 1.58. The molecule has 0 fully saturated rings. The molecule has 118 valence electrons. The smallest absolute Gasteiger partial charge is 0.327 e. The van der Waals surface area contributed by atoms with Crippen LogP contribution in [-0.2, 0) is 9.59 Å². The molecule has 0 aliphatic heterocycles. The van der Waals surface area contributed by atoms with Crippen molar-refractivity contribution in [3.63, 3.8) is 0 Å². The summed E-state index contributed by atoms with van der Waals surface area (Å²) in [5.41, 5.74) is 5.71. The van der Waals surface area contributed by atoms with E-state index in [1.54, 1.807) is 12.2 Å². The third kappa shape index (κ3) is 30.2. The van der Waals surface area contributed by atoms with Crippen molar-refractivity contribution in [3.05, 3.63) is 93.1 Å². The summed E-state index contributed by atoms with van der Waals surface area (Å²) in [6.07, 6.45) is 7.00. The minimum atomic E-state index is -0.981. The highest BCUT2D eigenvalue weighted by atomic mass is 16.4. The number of nitrogens with two attached hydrogens (primary N) is 1. The summed E-state index contributed by atoms with van der Waals surface area (Å²) in [6.45, 7) is 16.4. The lowest BCUT2D eigenvalue weighted by molar-refractivity contribution is -0.131. The Balaban J connectivity index is -0.000000230. The Morgan fingerprint density at radius 1 is 0.909 bits per heavy atom. The summed E-state index contributed by atoms with van der Waals surface area (Å²) in [6, 6.07) is 10.0. The molecule has 0 aliphatic rings. The van der Waals surface area contributed by atoms with Crippen LogP contribution < -0.4 is 5.73 Å². The fraction of sp³-hybridized carbons (Fsp3) is 0. The number of carboxylic acid groups (broad SMARTS) is 1. The van der Waals surface area contributed by atoms with Crippen LogP contribution in [0.2, 0.25) is 0 Å². The van der Waals surface area contributed by atoms with Crippen molar-refractivity contribution in [3.8, 4) is 0 Å². The van der Waals surface area contributed by atoms with Crippen LogP contribution in [0.4, 0.5) is 0 Å². The van der Waals surface area contributed by atoms with E-state index in [4.69, 9.17) is 5.11 Å². The Hall–Kier alpha value is -3.14. The molecular weight excluding hydrogens is 278 g/mol. The summed E-state index contributed by atoms with van der Waals surface area (Å²) in [5, 5.41) is 7.60. The number of primary amides is 1. The highest BCUT2D eigenvalue weighted by molar-refractivity contribution is 5.85. The molecule has 1 aromatic carbocycles. The van der Waals surface area contributed by atoms with Crippen LogP contribution in [0.1, 0.15) is 5.56 Å². The molecule has 1 rings (SSSR count). The molecule has 3 N–H and O–H groups in total. The van der Waals surface area contributed by atoms with Gasteiger partial charge in [0.1, 0.15) is 0 Å². The molecule has 4 nitrogen and oxygen atoms in total. The minimum Gasteiger partial charge on any atom is -0.478 e. The van der Waals surface area contributed by atoms with E-state index in [1.165, 1.54) is 5.56 Å². The van der Waals surface area contributed by atoms with Crippen LogP contribution >= 0.6 is 0 Å². The Bertz CT molecular complexity index is 452. The summed E-state index contributed by atoms with van der Waals surface area (Å²) in [7, 11) is 0. The fourth-order valence-corrected chi connectivity index (χ4v) is 0.589. The molecule has 0 heterocycles. The van der Waals surface area contributed by atoms with E-state index in [0.717, 1.165) is 12.2 Å². The highest BCUT2D eigenvalue weighted by Gasteiger charge is 1.76. The zero-order valence-corrected chi connectivity index (χ0v) is 12.7. The van der Waals surface area contributed by atoms with Gasteiger partial charge in [0.15, 0.2) is 0 Å². The summed E-state index contributed by atoms with van der Waals surface area (Å²) < 4.78 is 0. The Morgan fingerprint density at radius 3 is 1.41 bits per heavy atom. The number of allylic oxidation sites excluding steroid dienone is 2. The Morgan fingerprint density at radius 2 is 1.27 bits per heavy atom. The van der Waals surface area contributed by atoms with Crippen LogP contribution in [0.5, 0.6) is 0 Å². The van der Waals surface area contributed by atoms with Gasteiger partial charge in [-0.2, -0.15) is 0 Å². The maximum Gasteiger partial charge on any atom is 0.327 e. The average Bonchev–Trinajstić information content (AvgIpc) is 2.56. The summed E-state index contributed by atoms with van der Waals surface area (Å²) in [4.78, 5) is 18.7. The van der Waals surface area contributed by atoms with E-state index in [-0.39, 0.29) is 0 Å². The van der Waals surface area contributed by atoms with Crippen LogP contribution in [0.3, 0.4) is 0 Å². The van der Waals surface area contributed by atoms with Gasteiger partial charge in [0.05, 0.1) is 0 Å². The van der Waals surface area contributed by atoms with Crippen LogP contribution in [0.15, 0.2) is 87.5 Å². The quantitative estimate of drug-likeness (QED) is 0.658. The van der Waals surface area contributed by atoms with E-state index < -0.39 is 11.9 Å². The molecule has 4 heteroatoms. The largest absolute Gasteiger partial charge is 0.478 e. The van der Waals surface area contributed by atoms with Gasteiger partial charge in [-0.1, -0.05) is 81.5 Å². The van der Waals surface area contributed by atoms with Crippen LogP contribution in [-0.4, -0.2) is 17.0 Å². The van der Waals surface area contributed by atoms with Crippen molar-refractivity contribution < 1.29 is 14.7 Å². The molecule has 0 aliphatic carbocycles.